The van der Waals surface area contributed by atoms with E-state index in [4.69, 9.17) is 0 Å². The lowest BCUT2D eigenvalue weighted by molar-refractivity contribution is 0.0880. The fraction of sp³-hybridized carbons (Fsp3) is 0.250. The third-order valence-electron chi connectivity index (χ3n) is 2.75. The third kappa shape index (κ3) is 2.00. The van der Waals surface area contributed by atoms with Gasteiger partial charge in [-0.1, -0.05) is 18.2 Å². The SMILES string of the molecule is Cn1ncc(Br)c1C(C)(O)c1ccccc1F. The molecule has 0 saturated carbocycles. The summed E-state index contributed by atoms with van der Waals surface area (Å²) in [5.41, 5.74) is -0.693. The van der Waals surface area contributed by atoms with E-state index in [2.05, 4.69) is 21.0 Å². The quantitative estimate of drug-likeness (QED) is 0.925. The third-order valence-corrected chi connectivity index (χ3v) is 3.33. The maximum absolute atomic E-state index is 13.7. The molecule has 2 rings (SSSR count). The van der Waals surface area contributed by atoms with Gasteiger partial charge in [0, 0.05) is 12.6 Å². The van der Waals surface area contributed by atoms with Crippen molar-refractivity contribution in [2.45, 2.75) is 12.5 Å². The summed E-state index contributed by atoms with van der Waals surface area (Å²) in [5.74, 6) is -0.439. The molecule has 1 atom stereocenters. The van der Waals surface area contributed by atoms with Gasteiger partial charge in [-0.3, -0.25) is 4.68 Å². The van der Waals surface area contributed by atoms with Crippen molar-refractivity contribution in [3.8, 4) is 0 Å². The van der Waals surface area contributed by atoms with Crippen molar-refractivity contribution in [1.29, 1.82) is 0 Å². The number of aryl methyl sites for hydroxylation is 1. The molecule has 3 nitrogen and oxygen atoms in total. The van der Waals surface area contributed by atoms with Crippen molar-refractivity contribution >= 4 is 15.9 Å². The van der Waals surface area contributed by atoms with Gasteiger partial charge in [-0.25, -0.2) is 4.39 Å². The molecule has 1 unspecified atom stereocenters. The van der Waals surface area contributed by atoms with Gasteiger partial charge in [-0.2, -0.15) is 5.10 Å². The smallest absolute Gasteiger partial charge is 0.132 e. The summed E-state index contributed by atoms with van der Waals surface area (Å²) in [7, 11) is 1.70. The number of hydrogen-bond donors (Lipinski definition) is 1. The summed E-state index contributed by atoms with van der Waals surface area (Å²) in [5, 5.41) is 14.6. The maximum Gasteiger partial charge on any atom is 0.132 e. The van der Waals surface area contributed by atoms with E-state index in [1.54, 1.807) is 38.4 Å². The average Bonchev–Trinajstić information content (AvgIpc) is 2.59. The van der Waals surface area contributed by atoms with Crippen LogP contribution in [-0.2, 0) is 12.6 Å². The average molecular weight is 299 g/mol. The van der Waals surface area contributed by atoms with Crippen molar-refractivity contribution < 1.29 is 9.50 Å². The van der Waals surface area contributed by atoms with E-state index in [-0.39, 0.29) is 5.56 Å². The Labute approximate surface area is 107 Å². The molecular formula is C12H12BrFN2O. The Morgan fingerprint density at radius 1 is 1.41 bits per heavy atom. The second-order valence-electron chi connectivity index (χ2n) is 4.02. The normalized spacial score (nSPS) is 14.6. The van der Waals surface area contributed by atoms with E-state index in [1.807, 2.05) is 0 Å². The molecule has 17 heavy (non-hydrogen) atoms. The number of halogens is 2. The van der Waals surface area contributed by atoms with Crippen molar-refractivity contribution in [2.24, 2.45) is 7.05 Å². The lowest BCUT2D eigenvalue weighted by Gasteiger charge is -2.25. The van der Waals surface area contributed by atoms with Crippen LogP contribution in [0.1, 0.15) is 18.2 Å². The van der Waals surface area contributed by atoms with Crippen molar-refractivity contribution in [3.05, 3.63) is 52.0 Å². The van der Waals surface area contributed by atoms with E-state index in [1.165, 1.54) is 10.7 Å². The van der Waals surface area contributed by atoms with E-state index in [9.17, 15) is 9.50 Å². The zero-order valence-corrected chi connectivity index (χ0v) is 11.1. The van der Waals surface area contributed by atoms with Crippen LogP contribution < -0.4 is 0 Å². The van der Waals surface area contributed by atoms with Gasteiger partial charge in [0.25, 0.3) is 0 Å². The second-order valence-corrected chi connectivity index (χ2v) is 4.87. The second kappa shape index (κ2) is 4.23. The van der Waals surface area contributed by atoms with Crippen LogP contribution in [0.15, 0.2) is 34.9 Å². The standard InChI is InChI=1S/C12H12BrFN2O/c1-12(17,8-5-3-4-6-10(8)14)11-9(13)7-15-16(11)2/h3-7,17H,1-2H3. The van der Waals surface area contributed by atoms with E-state index in [0.29, 0.717) is 10.2 Å². The van der Waals surface area contributed by atoms with Crippen LogP contribution >= 0.6 is 15.9 Å². The predicted octanol–water partition coefficient (Wildman–Crippen LogP) is 2.58. The zero-order chi connectivity index (χ0) is 12.6. The lowest BCUT2D eigenvalue weighted by Crippen LogP contribution is -2.27. The molecule has 0 saturated heterocycles. The molecule has 2 aromatic rings. The Morgan fingerprint density at radius 2 is 2.06 bits per heavy atom. The van der Waals surface area contributed by atoms with Gasteiger partial charge >= 0.3 is 0 Å². The molecule has 0 amide bonds. The molecule has 1 heterocycles. The summed E-state index contributed by atoms with van der Waals surface area (Å²) in [6.07, 6.45) is 1.57. The minimum absolute atomic E-state index is 0.226. The molecule has 0 aliphatic heterocycles. The first-order valence-corrected chi connectivity index (χ1v) is 5.89. The number of hydrogen-bond acceptors (Lipinski definition) is 2. The topological polar surface area (TPSA) is 38.0 Å². The Kier molecular flexibility index (Phi) is 3.05. The summed E-state index contributed by atoms with van der Waals surface area (Å²) in [6, 6.07) is 6.17. The van der Waals surface area contributed by atoms with Crippen LogP contribution in [0.2, 0.25) is 0 Å². The molecule has 1 aromatic heterocycles. The first kappa shape index (κ1) is 12.3. The van der Waals surface area contributed by atoms with Gasteiger partial charge < -0.3 is 5.11 Å². The molecule has 5 heteroatoms. The molecule has 0 aliphatic carbocycles. The van der Waals surface area contributed by atoms with Crippen LogP contribution in [0, 0.1) is 5.82 Å². The van der Waals surface area contributed by atoms with Crippen molar-refractivity contribution in [2.75, 3.05) is 0 Å². The summed E-state index contributed by atoms with van der Waals surface area (Å²) in [4.78, 5) is 0. The number of nitrogens with zero attached hydrogens (tertiary/aromatic N) is 2. The van der Waals surface area contributed by atoms with E-state index < -0.39 is 11.4 Å². The van der Waals surface area contributed by atoms with Crippen LogP contribution in [0.3, 0.4) is 0 Å². The zero-order valence-electron chi connectivity index (χ0n) is 9.48. The highest BCUT2D eigenvalue weighted by molar-refractivity contribution is 9.10. The molecule has 0 radical (unpaired) electrons. The Hall–Kier alpha value is -1.20. The first-order chi connectivity index (χ1) is 7.94. The van der Waals surface area contributed by atoms with Crippen molar-refractivity contribution in [1.82, 2.24) is 9.78 Å². The molecule has 90 valence electrons. The minimum atomic E-state index is -1.44. The highest BCUT2D eigenvalue weighted by Gasteiger charge is 2.33. The first-order valence-electron chi connectivity index (χ1n) is 5.10. The van der Waals surface area contributed by atoms with Gasteiger partial charge in [0.15, 0.2) is 0 Å². The van der Waals surface area contributed by atoms with Crippen LogP contribution in [0.5, 0.6) is 0 Å². The molecule has 1 aromatic carbocycles. The fourth-order valence-electron chi connectivity index (χ4n) is 1.94. The van der Waals surface area contributed by atoms with Crippen LogP contribution in [0.25, 0.3) is 0 Å². The Morgan fingerprint density at radius 3 is 2.59 bits per heavy atom. The Bertz CT molecular complexity index is 532. The maximum atomic E-state index is 13.7. The largest absolute Gasteiger partial charge is 0.379 e. The van der Waals surface area contributed by atoms with Crippen LogP contribution in [0.4, 0.5) is 4.39 Å². The van der Waals surface area contributed by atoms with E-state index >= 15 is 0 Å². The van der Waals surface area contributed by atoms with Crippen molar-refractivity contribution in [3.63, 3.8) is 0 Å². The number of rotatable bonds is 2. The molecule has 1 N–H and O–H groups in total. The van der Waals surface area contributed by atoms with Gasteiger partial charge in [-0.15, -0.1) is 0 Å². The molecule has 0 aliphatic rings. The number of aromatic nitrogens is 2. The highest BCUT2D eigenvalue weighted by atomic mass is 79.9. The van der Waals surface area contributed by atoms with Gasteiger partial charge in [-0.05, 0) is 28.9 Å². The van der Waals surface area contributed by atoms with Crippen LogP contribution in [-0.4, -0.2) is 14.9 Å². The fourth-order valence-corrected chi connectivity index (χ4v) is 2.68. The highest BCUT2D eigenvalue weighted by Crippen LogP contribution is 2.34. The molecular weight excluding hydrogens is 287 g/mol. The van der Waals surface area contributed by atoms with E-state index in [0.717, 1.165) is 0 Å². The summed E-state index contributed by atoms with van der Waals surface area (Å²) < 4.78 is 15.9. The Balaban J connectivity index is 2.62. The minimum Gasteiger partial charge on any atom is -0.379 e. The molecule has 0 bridgehead atoms. The van der Waals surface area contributed by atoms with Gasteiger partial charge in [0.05, 0.1) is 16.4 Å². The van der Waals surface area contributed by atoms with Gasteiger partial charge in [0.1, 0.15) is 11.4 Å². The number of aliphatic hydroxyl groups is 1. The summed E-state index contributed by atoms with van der Waals surface area (Å²) >= 11 is 3.31. The monoisotopic (exact) mass is 298 g/mol. The predicted molar refractivity (Wildman–Crippen MR) is 66.0 cm³/mol. The molecule has 0 fully saturated rings. The van der Waals surface area contributed by atoms with Gasteiger partial charge in [0.2, 0.25) is 0 Å². The number of benzene rings is 1. The lowest BCUT2D eigenvalue weighted by atomic mass is 9.92. The summed E-state index contributed by atoms with van der Waals surface area (Å²) in [6.45, 7) is 1.55. The molecule has 0 spiro atoms.